The van der Waals surface area contributed by atoms with Crippen molar-refractivity contribution in [3.05, 3.63) is 23.8 Å². The van der Waals surface area contributed by atoms with Crippen molar-refractivity contribution in [1.82, 2.24) is 0 Å². The van der Waals surface area contributed by atoms with Crippen LogP contribution in [0.25, 0.3) is 0 Å². The van der Waals surface area contributed by atoms with Gasteiger partial charge in [0.2, 0.25) is 5.91 Å². The SMILES string of the molecule is CCN(CC)c1ccc(NC(C)=O)c(C(=O)O)c1. The molecular weight excluding hydrogens is 232 g/mol. The summed E-state index contributed by atoms with van der Waals surface area (Å²) in [5.41, 5.74) is 1.27. The van der Waals surface area contributed by atoms with Gasteiger partial charge in [-0.1, -0.05) is 0 Å². The summed E-state index contributed by atoms with van der Waals surface area (Å²) in [6, 6.07) is 5.02. The van der Waals surface area contributed by atoms with Crippen LogP contribution in [0, 0.1) is 0 Å². The molecule has 0 heterocycles. The first kappa shape index (κ1) is 14.0. The van der Waals surface area contributed by atoms with Crippen LogP contribution < -0.4 is 10.2 Å². The molecule has 0 radical (unpaired) electrons. The number of carboxylic acid groups (broad SMARTS) is 1. The Morgan fingerprint density at radius 1 is 1.28 bits per heavy atom. The summed E-state index contributed by atoms with van der Waals surface area (Å²) in [6.45, 7) is 6.96. The molecule has 5 heteroatoms. The van der Waals surface area contributed by atoms with Gasteiger partial charge in [-0.25, -0.2) is 4.79 Å². The van der Waals surface area contributed by atoms with Crippen molar-refractivity contribution >= 4 is 23.3 Å². The van der Waals surface area contributed by atoms with E-state index in [1.807, 2.05) is 24.8 Å². The van der Waals surface area contributed by atoms with E-state index in [9.17, 15) is 9.59 Å². The summed E-state index contributed by atoms with van der Waals surface area (Å²) in [5, 5.41) is 11.7. The Hall–Kier alpha value is -2.04. The van der Waals surface area contributed by atoms with Crippen molar-refractivity contribution in [3.63, 3.8) is 0 Å². The lowest BCUT2D eigenvalue weighted by atomic mass is 10.1. The summed E-state index contributed by atoms with van der Waals surface area (Å²) in [5.74, 6) is -1.33. The standard InChI is InChI=1S/C13H18N2O3/c1-4-15(5-2)10-6-7-12(14-9(3)16)11(8-10)13(17)18/h6-8H,4-5H2,1-3H3,(H,14,16)(H,17,18). The van der Waals surface area contributed by atoms with E-state index in [-0.39, 0.29) is 11.5 Å². The molecule has 98 valence electrons. The fraction of sp³-hybridized carbons (Fsp3) is 0.385. The van der Waals surface area contributed by atoms with Gasteiger partial charge < -0.3 is 15.3 Å². The molecule has 0 aromatic heterocycles. The third kappa shape index (κ3) is 3.23. The zero-order valence-corrected chi connectivity index (χ0v) is 10.9. The van der Waals surface area contributed by atoms with Gasteiger partial charge in [0.15, 0.2) is 0 Å². The van der Waals surface area contributed by atoms with Crippen molar-refractivity contribution in [3.8, 4) is 0 Å². The normalized spacial score (nSPS) is 9.94. The number of carbonyl (C=O) groups excluding carboxylic acids is 1. The highest BCUT2D eigenvalue weighted by Gasteiger charge is 2.13. The molecule has 0 spiro atoms. The fourth-order valence-electron chi connectivity index (χ4n) is 1.79. The van der Waals surface area contributed by atoms with Crippen LogP contribution in [0.1, 0.15) is 31.1 Å². The predicted octanol–water partition coefficient (Wildman–Crippen LogP) is 2.19. The fourth-order valence-corrected chi connectivity index (χ4v) is 1.79. The van der Waals surface area contributed by atoms with Crippen LogP contribution in [0.4, 0.5) is 11.4 Å². The van der Waals surface area contributed by atoms with E-state index < -0.39 is 5.97 Å². The molecule has 0 aliphatic carbocycles. The molecule has 0 fully saturated rings. The van der Waals surface area contributed by atoms with Gasteiger partial charge in [0.05, 0.1) is 11.3 Å². The highest BCUT2D eigenvalue weighted by Crippen LogP contribution is 2.23. The smallest absolute Gasteiger partial charge is 0.337 e. The summed E-state index contributed by atoms with van der Waals surface area (Å²) in [6.07, 6.45) is 0. The average Bonchev–Trinajstić information content (AvgIpc) is 2.31. The number of nitrogens with one attached hydrogen (secondary N) is 1. The number of hydrogen-bond donors (Lipinski definition) is 2. The highest BCUT2D eigenvalue weighted by molar-refractivity contribution is 6.00. The lowest BCUT2D eigenvalue weighted by molar-refractivity contribution is -0.114. The molecule has 0 saturated carbocycles. The van der Waals surface area contributed by atoms with Crippen LogP contribution in [0.15, 0.2) is 18.2 Å². The van der Waals surface area contributed by atoms with Crippen molar-refractivity contribution in [1.29, 1.82) is 0 Å². The minimum Gasteiger partial charge on any atom is -0.478 e. The van der Waals surface area contributed by atoms with Gasteiger partial charge in [0, 0.05) is 25.7 Å². The average molecular weight is 250 g/mol. The number of amides is 1. The van der Waals surface area contributed by atoms with Crippen molar-refractivity contribution in [2.45, 2.75) is 20.8 Å². The van der Waals surface area contributed by atoms with E-state index in [2.05, 4.69) is 5.32 Å². The Morgan fingerprint density at radius 3 is 2.33 bits per heavy atom. The monoisotopic (exact) mass is 250 g/mol. The van der Waals surface area contributed by atoms with E-state index in [1.165, 1.54) is 6.92 Å². The molecule has 1 rings (SSSR count). The minimum atomic E-state index is -1.05. The Labute approximate surface area is 106 Å². The van der Waals surface area contributed by atoms with Gasteiger partial charge in [-0.15, -0.1) is 0 Å². The Balaban J connectivity index is 3.18. The molecule has 0 aliphatic heterocycles. The molecule has 1 amide bonds. The van der Waals surface area contributed by atoms with Gasteiger partial charge in [-0.05, 0) is 32.0 Å². The first-order valence-electron chi connectivity index (χ1n) is 5.89. The zero-order valence-electron chi connectivity index (χ0n) is 10.9. The molecule has 5 nitrogen and oxygen atoms in total. The minimum absolute atomic E-state index is 0.106. The highest BCUT2D eigenvalue weighted by atomic mass is 16.4. The molecule has 1 aromatic carbocycles. The maximum Gasteiger partial charge on any atom is 0.337 e. The van der Waals surface area contributed by atoms with E-state index in [0.29, 0.717) is 5.69 Å². The zero-order chi connectivity index (χ0) is 13.7. The number of anilines is 2. The molecule has 0 atom stereocenters. The molecule has 0 bridgehead atoms. The first-order chi connectivity index (χ1) is 8.49. The van der Waals surface area contributed by atoms with E-state index >= 15 is 0 Å². The van der Waals surface area contributed by atoms with Crippen LogP contribution in [0.2, 0.25) is 0 Å². The largest absolute Gasteiger partial charge is 0.478 e. The molecule has 2 N–H and O–H groups in total. The van der Waals surface area contributed by atoms with Crippen LogP contribution in [0.3, 0.4) is 0 Å². The number of carbonyl (C=O) groups is 2. The summed E-state index contributed by atoms with van der Waals surface area (Å²) >= 11 is 0. The van der Waals surface area contributed by atoms with Crippen LogP contribution in [0.5, 0.6) is 0 Å². The van der Waals surface area contributed by atoms with Gasteiger partial charge in [-0.3, -0.25) is 4.79 Å². The van der Waals surface area contributed by atoms with Crippen molar-refractivity contribution in [2.75, 3.05) is 23.3 Å². The lowest BCUT2D eigenvalue weighted by Gasteiger charge is -2.22. The van der Waals surface area contributed by atoms with E-state index in [1.54, 1.807) is 12.1 Å². The lowest BCUT2D eigenvalue weighted by Crippen LogP contribution is -2.22. The van der Waals surface area contributed by atoms with Crippen LogP contribution in [-0.4, -0.2) is 30.1 Å². The molecule has 1 aromatic rings. The molecule has 18 heavy (non-hydrogen) atoms. The quantitative estimate of drug-likeness (QED) is 0.840. The number of nitrogens with zero attached hydrogens (tertiary/aromatic N) is 1. The maximum atomic E-state index is 11.2. The van der Waals surface area contributed by atoms with Gasteiger partial charge in [0.25, 0.3) is 0 Å². The Morgan fingerprint density at radius 2 is 1.89 bits per heavy atom. The molecule has 0 unspecified atom stereocenters. The molecular formula is C13H18N2O3. The number of aromatic carboxylic acids is 1. The number of hydrogen-bond acceptors (Lipinski definition) is 3. The number of carboxylic acids is 1. The second-order valence-corrected chi connectivity index (χ2v) is 3.89. The van der Waals surface area contributed by atoms with E-state index in [4.69, 9.17) is 5.11 Å². The van der Waals surface area contributed by atoms with E-state index in [0.717, 1.165) is 18.8 Å². The van der Waals surface area contributed by atoms with Gasteiger partial charge >= 0.3 is 5.97 Å². The summed E-state index contributed by atoms with van der Waals surface area (Å²) in [7, 11) is 0. The second kappa shape index (κ2) is 6.05. The second-order valence-electron chi connectivity index (χ2n) is 3.89. The van der Waals surface area contributed by atoms with Crippen molar-refractivity contribution < 1.29 is 14.7 Å². The summed E-state index contributed by atoms with van der Waals surface area (Å²) < 4.78 is 0. The van der Waals surface area contributed by atoms with Crippen molar-refractivity contribution in [2.24, 2.45) is 0 Å². The summed E-state index contributed by atoms with van der Waals surface area (Å²) in [4.78, 5) is 24.2. The third-order valence-corrected chi connectivity index (χ3v) is 2.67. The van der Waals surface area contributed by atoms with Crippen LogP contribution in [-0.2, 0) is 4.79 Å². The number of rotatable bonds is 5. The first-order valence-corrected chi connectivity index (χ1v) is 5.89. The Kier molecular flexibility index (Phi) is 4.71. The maximum absolute atomic E-state index is 11.2. The van der Waals surface area contributed by atoms with Gasteiger partial charge in [0.1, 0.15) is 0 Å². The van der Waals surface area contributed by atoms with Crippen LogP contribution >= 0.6 is 0 Å². The van der Waals surface area contributed by atoms with Gasteiger partial charge in [-0.2, -0.15) is 0 Å². The predicted molar refractivity (Wildman–Crippen MR) is 71.3 cm³/mol. The third-order valence-electron chi connectivity index (χ3n) is 2.67. The molecule has 0 saturated heterocycles. The number of benzene rings is 1. The topological polar surface area (TPSA) is 69.6 Å². The Bertz CT molecular complexity index is 454. The molecule has 0 aliphatic rings.